The number of hydrogen-bond acceptors (Lipinski definition) is 5. The molecule has 6 heteroatoms. The first-order chi connectivity index (χ1) is 7.40. The summed E-state index contributed by atoms with van der Waals surface area (Å²) in [6.07, 6.45) is -0.316. The Labute approximate surface area is 92.2 Å². The largest absolute Gasteiger partial charge is 0.481 e. The van der Waals surface area contributed by atoms with Crippen LogP contribution in [0.15, 0.2) is 24.3 Å². The third-order valence-corrected chi connectivity index (χ3v) is 1.59. The maximum Gasteiger partial charge on any atom is 0.338 e. The Balaban J connectivity index is 4.19. The molecule has 1 N–H and O–H groups in total. The molecule has 0 fully saturated rings. The first-order valence-electron chi connectivity index (χ1n) is 4.25. The fourth-order valence-electron chi connectivity index (χ4n) is 0.688. The predicted octanol–water partition coefficient (Wildman–Crippen LogP) is 0.290. The van der Waals surface area contributed by atoms with Gasteiger partial charge in [-0.15, -0.1) is 0 Å². The van der Waals surface area contributed by atoms with E-state index in [9.17, 15) is 14.4 Å². The molecule has 0 aliphatic rings. The maximum atomic E-state index is 11.2. The first kappa shape index (κ1) is 13.9. The first-order valence-corrected chi connectivity index (χ1v) is 4.25. The molecule has 0 radical (unpaired) electrons. The average Bonchev–Trinajstić information content (AvgIpc) is 2.25. The summed E-state index contributed by atoms with van der Waals surface area (Å²) in [6, 6.07) is 0. The maximum absolute atomic E-state index is 11.2. The van der Waals surface area contributed by atoms with Gasteiger partial charge in [0.1, 0.15) is 6.61 Å². The molecule has 0 aromatic heterocycles. The number of carboxylic acid groups (broad SMARTS) is 1. The molecule has 0 spiro atoms. The number of aliphatic carboxylic acids is 1. The number of carbonyl (C=O) groups is 3. The van der Waals surface area contributed by atoms with Crippen molar-refractivity contribution in [3.8, 4) is 0 Å². The van der Waals surface area contributed by atoms with E-state index < -0.39 is 17.9 Å². The van der Waals surface area contributed by atoms with Gasteiger partial charge in [0.05, 0.1) is 24.7 Å². The van der Waals surface area contributed by atoms with Crippen LogP contribution in [0.5, 0.6) is 0 Å². The van der Waals surface area contributed by atoms with E-state index in [1.807, 2.05) is 0 Å². The zero-order valence-electron chi connectivity index (χ0n) is 8.82. The van der Waals surface area contributed by atoms with E-state index in [4.69, 9.17) is 5.11 Å². The van der Waals surface area contributed by atoms with Gasteiger partial charge in [-0.1, -0.05) is 13.2 Å². The summed E-state index contributed by atoms with van der Waals surface area (Å²) in [4.78, 5) is 32.3. The highest BCUT2D eigenvalue weighted by Gasteiger charge is 2.18. The van der Waals surface area contributed by atoms with Gasteiger partial charge in [-0.05, 0) is 0 Å². The smallest absolute Gasteiger partial charge is 0.338 e. The molecule has 0 heterocycles. The number of carbonyl (C=O) groups excluding carboxylic acids is 2. The number of esters is 2. The van der Waals surface area contributed by atoms with Gasteiger partial charge in [-0.3, -0.25) is 4.79 Å². The summed E-state index contributed by atoms with van der Waals surface area (Å²) < 4.78 is 8.87. The van der Waals surface area contributed by atoms with Crippen LogP contribution in [0.25, 0.3) is 0 Å². The van der Waals surface area contributed by atoms with E-state index >= 15 is 0 Å². The van der Waals surface area contributed by atoms with Gasteiger partial charge in [0.25, 0.3) is 0 Å². The zero-order valence-corrected chi connectivity index (χ0v) is 8.82. The van der Waals surface area contributed by atoms with Crippen LogP contribution in [0.3, 0.4) is 0 Å². The van der Waals surface area contributed by atoms with Crippen molar-refractivity contribution in [1.82, 2.24) is 0 Å². The molecule has 0 atom stereocenters. The summed E-state index contributed by atoms with van der Waals surface area (Å²) in [5.41, 5.74) is -0.472. The van der Waals surface area contributed by atoms with Gasteiger partial charge in [0.15, 0.2) is 0 Å². The number of ether oxygens (including phenoxy) is 2. The fraction of sp³-hybridized carbons (Fsp3) is 0.300. The zero-order chi connectivity index (χ0) is 12.7. The van der Waals surface area contributed by atoms with Crippen LogP contribution in [0.2, 0.25) is 0 Å². The van der Waals surface area contributed by atoms with Gasteiger partial charge in [-0.2, -0.15) is 0 Å². The van der Waals surface area contributed by atoms with Crippen LogP contribution in [-0.4, -0.2) is 36.7 Å². The van der Waals surface area contributed by atoms with E-state index in [-0.39, 0.29) is 24.2 Å². The second-order valence-electron chi connectivity index (χ2n) is 2.73. The molecule has 88 valence electrons. The molecular formula is C10H12O6. The van der Waals surface area contributed by atoms with Crippen molar-refractivity contribution < 1.29 is 29.0 Å². The Kier molecular flexibility index (Phi) is 5.55. The summed E-state index contributed by atoms with van der Waals surface area (Å²) >= 11 is 0. The van der Waals surface area contributed by atoms with E-state index in [0.29, 0.717) is 0 Å². The molecule has 0 rings (SSSR count). The monoisotopic (exact) mass is 228 g/mol. The average molecular weight is 228 g/mol. The van der Waals surface area contributed by atoms with E-state index in [0.717, 1.165) is 7.11 Å². The van der Waals surface area contributed by atoms with E-state index in [1.165, 1.54) is 0 Å². The second-order valence-corrected chi connectivity index (χ2v) is 2.73. The SMILES string of the molecule is C=C(C(=C)C(=O)OCCC(=O)O)C(=O)OC. The molecule has 0 unspecified atom stereocenters. The minimum Gasteiger partial charge on any atom is -0.481 e. The lowest BCUT2D eigenvalue weighted by molar-refractivity contribution is -0.144. The Morgan fingerprint density at radius 2 is 1.62 bits per heavy atom. The lowest BCUT2D eigenvalue weighted by atomic mass is 10.1. The molecule has 0 saturated carbocycles. The van der Waals surface area contributed by atoms with Crippen molar-refractivity contribution in [1.29, 1.82) is 0 Å². The van der Waals surface area contributed by atoms with Crippen LogP contribution >= 0.6 is 0 Å². The van der Waals surface area contributed by atoms with Crippen molar-refractivity contribution in [3.63, 3.8) is 0 Å². The Hall–Kier alpha value is -2.11. The third-order valence-electron chi connectivity index (χ3n) is 1.59. The standard InChI is InChI=1S/C10H12O6/c1-6(9(13)15-3)7(2)10(14)16-5-4-8(11)12/h1-2,4-5H2,3H3,(H,11,12). The van der Waals surface area contributed by atoms with Crippen molar-refractivity contribution in [2.24, 2.45) is 0 Å². The number of hydrogen-bond donors (Lipinski definition) is 1. The number of carboxylic acids is 1. The quantitative estimate of drug-likeness (QED) is 0.399. The molecule has 16 heavy (non-hydrogen) atoms. The molecule has 0 aromatic rings. The lowest BCUT2D eigenvalue weighted by Gasteiger charge is -2.06. The highest BCUT2D eigenvalue weighted by molar-refractivity contribution is 6.06. The lowest BCUT2D eigenvalue weighted by Crippen LogP contribution is -2.16. The van der Waals surface area contributed by atoms with Crippen molar-refractivity contribution in [2.45, 2.75) is 6.42 Å². The summed E-state index contributed by atoms with van der Waals surface area (Å²) in [5.74, 6) is -2.78. The highest BCUT2D eigenvalue weighted by Crippen LogP contribution is 2.09. The predicted molar refractivity (Wildman–Crippen MR) is 53.5 cm³/mol. The molecule has 0 saturated heterocycles. The highest BCUT2D eigenvalue weighted by atomic mass is 16.5. The number of methoxy groups -OCH3 is 1. The third kappa shape index (κ3) is 4.41. The molecule has 0 aromatic carbocycles. The molecule has 0 bridgehead atoms. The molecule has 0 aliphatic carbocycles. The summed E-state index contributed by atoms with van der Waals surface area (Å²) in [6.45, 7) is 6.31. The van der Waals surface area contributed by atoms with Crippen molar-refractivity contribution >= 4 is 17.9 Å². The van der Waals surface area contributed by atoms with Crippen LogP contribution in [0, 0.1) is 0 Å². The molecule has 0 amide bonds. The minimum atomic E-state index is -1.09. The topological polar surface area (TPSA) is 89.9 Å². The number of rotatable bonds is 6. The Morgan fingerprint density at radius 1 is 1.12 bits per heavy atom. The summed E-state index contributed by atoms with van der Waals surface area (Å²) in [7, 11) is 1.14. The van der Waals surface area contributed by atoms with Crippen LogP contribution in [-0.2, 0) is 23.9 Å². The van der Waals surface area contributed by atoms with Crippen molar-refractivity contribution in [3.05, 3.63) is 24.3 Å². The van der Waals surface area contributed by atoms with Gasteiger partial charge in [0, 0.05) is 0 Å². The molecule has 0 aliphatic heterocycles. The van der Waals surface area contributed by atoms with Crippen molar-refractivity contribution in [2.75, 3.05) is 13.7 Å². The Morgan fingerprint density at radius 3 is 2.06 bits per heavy atom. The molecular weight excluding hydrogens is 216 g/mol. The van der Waals surface area contributed by atoms with E-state index in [1.54, 1.807) is 0 Å². The second kappa shape index (κ2) is 6.39. The fourth-order valence-corrected chi connectivity index (χ4v) is 0.688. The van der Waals surface area contributed by atoms with Gasteiger partial charge in [-0.25, -0.2) is 9.59 Å². The van der Waals surface area contributed by atoms with Gasteiger partial charge >= 0.3 is 17.9 Å². The van der Waals surface area contributed by atoms with Gasteiger partial charge < -0.3 is 14.6 Å². The minimum absolute atomic E-state index is 0.220. The molecule has 6 nitrogen and oxygen atoms in total. The van der Waals surface area contributed by atoms with Crippen LogP contribution in [0.4, 0.5) is 0 Å². The van der Waals surface area contributed by atoms with Crippen LogP contribution in [0.1, 0.15) is 6.42 Å². The normalized spacial score (nSPS) is 9.06. The van der Waals surface area contributed by atoms with E-state index in [2.05, 4.69) is 22.6 Å². The van der Waals surface area contributed by atoms with Gasteiger partial charge in [0.2, 0.25) is 0 Å². The Bertz CT molecular complexity index is 341. The summed E-state index contributed by atoms with van der Waals surface area (Å²) in [5, 5.41) is 8.30. The van der Waals surface area contributed by atoms with Crippen LogP contribution < -0.4 is 0 Å².